The molecule has 1 aromatic rings. The molecular weight excluding hydrogens is 281 g/mol. The maximum absolute atomic E-state index is 12.9. The number of anilines is 2. The maximum Gasteiger partial charge on any atom is 0.433 e. The van der Waals surface area contributed by atoms with Crippen LogP contribution < -0.4 is 10.2 Å². The van der Waals surface area contributed by atoms with Gasteiger partial charge in [0.15, 0.2) is 5.69 Å². The molecule has 0 saturated carbocycles. The van der Waals surface area contributed by atoms with Crippen LogP contribution in [0.1, 0.15) is 39.8 Å². The molecule has 0 amide bonds. The van der Waals surface area contributed by atoms with E-state index < -0.39 is 11.9 Å². The number of hydrogen-bond acceptors (Lipinski definition) is 4. The third kappa shape index (κ3) is 5.06. The molecule has 0 saturated heterocycles. The molecule has 7 heteroatoms. The molecule has 1 rings (SSSR count). The zero-order valence-corrected chi connectivity index (χ0v) is 13.1. The summed E-state index contributed by atoms with van der Waals surface area (Å²) in [6.45, 7) is 8.38. The van der Waals surface area contributed by atoms with Gasteiger partial charge in [-0.25, -0.2) is 4.98 Å². The first-order valence-electron chi connectivity index (χ1n) is 7.08. The minimum Gasteiger partial charge on any atom is -0.357 e. The highest BCUT2D eigenvalue weighted by Crippen LogP contribution is 2.31. The normalized spacial score (nSPS) is 13.4. The van der Waals surface area contributed by atoms with Crippen molar-refractivity contribution < 1.29 is 13.2 Å². The van der Waals surface area contributed by atoms with Crippen molar-refractivity contribution in [2.75, 3.05) is 23.8 Å². The van der Waals surface area contributed by atoms with E-state index in [1.165, 1.54) is 0 Å². The summed E-state index contributed by atoms with van der Waals surface area (Å²) in [5.74, 6) is 0.743. The van der Waals surface area contributed by atoms with Crippen molar-refractivity contribution in [3.05, 3.63) is 11.8 Å². The summed E-state index contributed by atoms with van der Waals surface area (Å²) >= 11 is 0. The van der Waals surface area contributed by atoms with Gasteiger partial charge in [0.2, 0.25) is 5.95 Å². The van der Waals surface area contributed by atoms with E-state index in [-0.39, 0.29) is 17.8 Å². The Bertz CT molecular complexity index is 460. The van der Waals surface area contributed by atoms with Crippen LogP contribution in [0.4, 0.5) is 24.9 Å². The Labute approximate surface area is 123 Å². The Kier molecular flexibility index (Phi) is 5.80. The van der Waals surface area contributed by atoms with Gasteiger partial charge < -0.3 is 10.2 Å². The predicted molar refractivity (Wildman–Crippen MR) is 78.5 cm³/mol. The van der Waals surface area contributed by atoms with Gasteiger partial charge in [-0.1, -0.05) is 13.8 Å². The van der Waals surface area contributed by atoms with E-state index in [4.69, 9.17) is 0 Å². The molecular formula is C14H23F3N4. The molecule has 0 aliphatic heterocycles. The van der Waals surface area contributed by atoms with Gasteiger partial charge in [-0.15, -0.1) is 0 Å². The molecule has 1 heterocycles. The highest BCUT2D eigenvalue weighted by Gasteiger charge is 2.34. The summed E-state index contributed by atoms with van der Waals surface area (Å²) in [4.78, 5) is 9.45. The Morgan fingerprint density at radius 2 is 1.86 bits per heavy atom. The van der Waals surface area contributed by atoms with Crippen LogP contribution in [0.5, 0.6) is 0 Å². The van der Waals surface area contributed by atoms with Crippen molar-refractivity contribution in [3.8, 4) is 0 Å². The first-order chi connectivity index (χ1) is 9.65. The average molecular weight is 304 g/mol. The Hall–Kier alpha value is -1.53. The van der Waals surface area contributed by atoms with E-state index in [2.05, 4.69) is 29.1 Å². The van der Waals surface area contributed by atoms with Gasteiger partial charge in [-0.2, -0.15) is 18.2 Å². The minimum atomic E-state index is -4.48. The molecule has 120 valence electrons. The quantitative estimate of drug-likeness (QED) is 0.868. The van der Waals surface area contributed by atoms with Gasteiger partial charge >= 0.3 is 6.18 Å². The van der Waals surface area contributed by atoms with Gasteiger partial charge in [0.1, 0.15) is 5.82 Å². The third-order valence-corrected chi connectivity index (χ3v) is 3.17. The zero-order chi connectivity index (χ0) is 16.2. The molecule has 1 aromatic heterocycles. The van der Waals surface area contributed by atoms with Crippen molar-refractivity contribution in [2.45, 2.75) is 46.3 Å². The minimum absolute atomic E-state index is 0.00548. The van der Waals surface area contributed by atoms with Crippen molar-refractivity contribution in [2.24, 2.45) is 5.92 Å². The average Bonchev–Trinajstić information content (AvgIpc) is 2.36. The van der Waals surface area contributed by atoms with Crippen molar-refractivity contribution in [1.82, 2.24) is 9.97 Å². The monoisotopic (exact) mass is 304 g/mol. The lowest BCUT2D eigenvalue weighted by molar-refractivity contribution is -0.141. The van der Waals surface area contributed by atoms with Crippen LogP contribution in [-0.4, -0.2) is 29.6 Å². The molecule has 1 unspecified atom stereocenters. The van der Waals surface area contributed by atoms with E-state index in [0.29, 0.717) is 12.5 Å². The van der Waals surface area contributed by atoms with E-state index in [1.807, 2.05) is 6.92 Å². The first-order valence-corrected chi connectivity index (χ1v) is 7.08. The lowest BCUT2D eigenvalue weighted by Crippen LogP contribution is -2.31. The van der Waals surface area contributed by atoms with Crippen LogP contribution in [0.2, 0.25) is 0 Å². The smallest absolute Gasteiger partial charge is 0.357 e. The highest BCUT2D eigenvalue weighted by atomic mass is 19.4. The molecule has 0 fully saturated rings. The fraction of sp³-hybridized carbons (Fsp3) is 0.714. The van der Waals surface area contributed by atoms with Gasteiger partial charge in [0.05, 0.1) is 0 Å². The Morgan fingerprint density at radius 3 is 2.33 bits per heavy atom. The summed E-state index contributed by atoms with van der Waals surface area (Å²) in [6, 6.07) is 1.09. The molecule has 1 N–H and O–H groups in total. The molecule has 4 nitrogen and oxygen atoms in total. The molecule has 21 heavy (non-hydrogen) atoms. The van der Waals surface area contributed by atoms with E-state index in [1.54, 1.807) is 18.9 Å². The Morgan fingerprint density at radius 1 is 1.24 bits per heavy atom. The summed E-state index contributed by atoms with van der Waals surface area (Å²) < 4.78 is 38.8. The van der Waals surface area contributed by atoms with Crippen molar-refractivity contribution in [3.63, 3.8) is 0 Å². The largest absolute Gasteiger partial charge is 0.433 e. The number of hydrogen-bond donors (Lipinski definition) is 1. The molecule has 0 bridgehead atoms. The van der Waals surface area contributed by atoms with Gasteiger partial charge in [-0.05, 0) is 26.2 Å². The number of nitrogens with one attached hydrogen (secondary N) is 1. The zero-order valence-electron chi connectivity index (χ0n) is 13.1. The summed E-state index contributed by atoms with van der Waals surface area (Å²) in [7, 11) is 1.76. The van der Waals surface area contributed by atoms with E-state index >= 15 is 0 Å². The van der Waals surface area contributed by atoms with Crippen LogP contribution >= 0.6 is 0 Å². The SMILES string of the molecule is CCNc1nc(N(C)C(C)CC(C)C)cc(C(F)(F)F)n1. The topological polar surface area (TPSA) is 41.1 Å². The Balaban J connectivity index is 3.12. The molecule has 0 spiro atoms. The molecule has 0 aliphatic carbocycles. The molecule has 0 radical (unpaired) electrons. The lowest BCUT2D eigenvalue weighted by atomic mass is 10.0. The van der Waals surface area contributed by atoms with Gasteiger partial charge in [0, 0.05) is 25.7 Å². The summed E-state index contributed by atoms with van der Waals surface area (Å²) in [6.07, 6.45) is -3.61. The molecule has 0 aliphatic rings. The molecule has 1 atom stereocenters. The second kappa shape index (κ2) is 6.95. The van der Waals surface area contributed by atoms with Crippen LogP contribution in [0.3, 0.4) is 0 Å². The number of nitrogens with zero attached hydrogens (tertiary/aromatic N) is 3. The second-order valence-electron chi connectivity index (χ2n) is 5.55. The van der Waals surface area contributed by atoms with Gasteiger partial charge in [-0.3, -0.25) is 0 Å². The standard InChI is InChI=1S/C14H23F3N4/c1-6-18-13-19-11(14(15,16)17)8-12(20-13)21(5)10(4)7-9(2)3/h8-10H,6-7H2,1-5H3,(H,18,19,20). The fourth-order valence-electron chi connectivity index (χ4n) is 2.06. The van der Waals surface area contributed by atoms with Crippen LogP contribution in [0, 0.1) is 5.92 Å². The lowest BCUT2D eigenvalue weighted by Gasteiger charge is -2.28. The van der Waals surface area contributed by atoms with Crippen molar-refractivity contribution >= 4 is 11.8 Å². The van der Waals surface area contributed by atoms with E-state index in [0.717, 1.165) is 12.5 Å². The third-order valence-electron chi connectivity index (χ3n) is 3.17. The maximum atomic E-state index is 12.9. The van der Waals surface area contributed by atoms with Crippen molar-refractivity contribution in [1.29, 1.82) is 0 Å². The van der Waals surface area contributed by atoms with Gasteiger partial charge in [0.25, 0.3) is 0 Å². The fourth-order valence-corrected chi connectivity index (χ4v) is 2.06. The first kappa shape index (κ1) is 17.5. The van der Waals surface area contributed by atoms with Crippen LogP contribution in [-0.2, 0) is 6.18 Å². The predicted octanol–water partition coefficient (Wildman–Crippen LogP) is 3.80. The number of alkyl halides is 3. The number of aromatic nitrogens is 2. The number of rotatable bonds is 6. The highest BCUT2D eigenvalue weighted by molar-refractivity contribution is 5.45. The van der Waals surface area contributed by atoms with E-state index in [9.17, 15) is 13.2 Å². The molecule has 0 aromatic carbocycles. The number of halogens is 3. The summed E-state index contributed by atoms with van der Waals surface area (Å²) in [5, 5.41) is 2.75. The van der Waals surface area contributed by atoms with Crippen LogP contribution in [0.25, 0.3) is 0 Å². The van der Waals surface area contributed by atoms with Crippen LogP contribution in [0.15, 0.2) is 6.07 Å². The second-order valence-corrected chi connectivity index (χ2v) is 5.55. The summed E-state index contributed by atoms with van der Waals surface area (Å²) in [5.41, 5.74) is -0.924.